The number of hydrogen-bond donors (Lipinski definition) is 2. The first-order valence-corrected chi connectivity index (χ1v) is 10.3. The van der Waals surface area contributed by atoms with Crippen LogP contribution < -0.4 is 10.6 Å². The van der Waals surface area contributed by atoms with Gasteiger partial charge in [-0.1, -0.05) is 53.4 Å². The molecule has 0 aliphatic heterocycles. The fourth-order valence-electron chi connectivity index (χ4n) is 0.931. The lowest BCUT2D eigenvalue weighted by Crippen LogP contribution is -2.26. The SMILES string of the molecule is O=C(CCBr)NCCSSCCNC(=O)CCBr. The second-order valence-electron chi connectivity index (χ2n) is 3.22. The summed E-state index contributed by atoms with van der Waals surface area (Å²) in [7, 11) is 3.42. The van der Waals surface area contributed by atoms with E-state index in [1.54, 1.807) is 21.6 Å². The van der Waals surface area contributed by atoms with Gasteiger partial charge in [0.1, 0.15) is 0 Å². The van der Waals surface area contributed by atoms with E-state index in [0.29, 0.717) is 36.6 Å². The molecule has 2 N–H and O–H groups in total. The summed E-state index contributed by atoms with van der Waals surface area (Å²) in [6.07, 6.45) is 1.05. The Bertz CT molecular complexity index is 222. The van der Waals surface area contributed by atoms with E-state index in [9.17, 15) is 9.59 Å². The van der Waals surface area contributed by atoms with E-state index >= 15 is 0 Å². The van der Waals surface area contributed by atoms with Crippen molar-refractivity contribution in [2.75, 3.05) is 35.3 Å². The van der Waals surface area contributed by atoms with Crippen LogP contribution in [0.3, 0.4) is 0 Å². The third-order valence-corrected chi connectivity index (χ3v) is 4.94. The Labute approximate surface area is 133 Å². The Balaban J connectivity index is 3.16. The third-order valence-electron chi connectivity index (χ3n) is 1.74. The van der Waals surface area contributed by atoms with Crippen molar-refractivity contribution in [3.05, 3.63) is 0 Å². The van der Waals surface area contributed by atoms with Crippen LogP contribution in [-0.4, -0.2) is 47.1 Å². The molecule has 0 bridgehead atoms. The van der Waals surface area contributed by atoms with Gasteiger partial charge >= 0.3 is 0 Å². The maximum Gasteiger partial charge on any atom is 0.220 e. The largest absolute Gasteiger partial charge is 0.355 e. The predicted molar refractivity (Wildman–Crippen MR) is 87.8 cm³/mol. The van der Waals surface area contributed by atoms with Gasteiger partial charge in [0, 0.05) is 48.1 Å². The molecule has 4 nitrogen and oxygen atoms in total. The fourth-order valence-corrected chi connectivity index (χ4v) is 3.46. The van der Waals surface area contributed by atoms with Crippen molar-refractivity contribution in [3.8, 4) is 0 Å². The van der Waals surface area contributed by atoms with Gasteiger partial charge < -0.3 is 10.6 Å². The van der Waals surface area contributed by atoms with Gasteiger partial charge in [-0.15, -0.1) is 0 Å². The van der Waals surface area contributed by atoms with Crippen LogP contribution in [0.25, 0.3) is 0 Å². The maximum atomic E-state index is 11.1. The molecular weight excluding hydrogens is 404 g/mol. The minimum absolute atomic E-state index is 0.0829. The second kappa shape index (κ2) is 14.0. The number of halogens is 2. The Hall–Kier alpha value is 0.600. The molecule has 0 atom stereocenters. The van der Waals surface area contributed by atoms with E-state index in [-0.39, 0.29) is 11.8 Å². The molecule has 0 aliphatic rings. The number of hydrogen-bond acceptors (Lipinski definition) is 4. The molecule has 0 aromatic rings. The number of rotatable bonds is 11. The van der Waals surface area contributed by atoms with Crippen LogP contribution >= 0.6 is 53.4 Å². The van der Waals surface area contributed by atoms with Crippen LogP contribution in [0.1, 0.15) is 12.8 Å². The Morgan fingerprint density at radius 3 is 1.56 bits per heavy atom. The van der Waals surface area contributed by atoms with Crippen molar-refractivity contribution < 1.29 is 9.59 Å². The van der Waals surface area contributed by atoms with Crippen molar-refractivity contribution in [1.82, 2.24) is 10.6 Å². The molecule has 0 spiro atoms. The van der Waals surface area contributed by atoms with Gasteiger partial charge in [0.15, 0.2) is 0 Å². The number of carbonyl (C=O) groups is 2. The monoisotopic (exact) mass is 420 g/mol. The molecule has 0 unspecified atom stereocenters. The molecule has 0 rings (SSSR count). The minimum atomic E-state index is 0.0829. The number of nitrogens with one attached hydrogen (secondary N) is 2. The van der Waals surface area contributed by atoms with Crippen LogP contribution in [0.15, 0.2) is 0 Å². The smallest absolute Gasteiger partial charge is 0.220 e. The van der Waals surface area contributed by atoms with Crippen molar-refractivity contribution in [1.29, 1.82) is 0 Å². The lowest BCUT2D eigenvalue weighted by molar-refractivity contribution is -0.121. The van der Waals surface area contributed by atoms with Gasteiger partial charge in [0.2, 0.25) is 11.8 Å². The van der Waals surface area contributed by atoms with Crippen molar-refractivity contribution >= 4 is 65.3 Å². The summed E-state index contributed by atoms with van der Waals surface area (Å²) in [6, 6.07) is 0. The van der Waals surface area contributed by atoms with E-state index in [1.807, 2.05) is 0 Å². The van der Waals surface area contributed by atoms with Crippen LogP contribution in [-0.2, 0) is 9.59 Å². The van der Waals surface area contributed by atoms with E-state index < -0.39 is 0 Å². The van der Waals surface area contributed by atoms with E-state index in [4.69, 9.17) is 0 Å². The summed E-state index contributed by atoms with van der Waals surface area (Å²) in [5, 5.41) is 7.07. The van der Waals surface area contributed by atoms with Gasteiger partial charge in [-0.3, -0.25) is 9.59 Å². The van der Waals surface area contributed by atoms with Gasteiger partial charge in [-0.25, -0.2) is 0 Å². The van der Waals surface area contributed by atoms with Gasteiger partial charge in [0.25, 0.3) is 0 Å². The minimum Gasteiger partial charge on any atom is -0.355 e. The lowest BCUT2D eigenvalue weighted by atomic mass is 10.4. The summed E-state index contributed by atoms with van der Waals surface area (Å²) in [4.78, 5) is 22.2. The quantitative estimate of drug-likeness (QED) is 0.305. The number of alkyl halides is 2. The third kappa shape index (κ3) is 13.0. The first kappa shape index (κ1) is 18.6. The molecule has 2 amide bonds. The average Bonchev–Trinajstić information content (AvgIpc) is 2.33. The highest BCUT2D eigenvalue weighted by molar-refractivity contribution is 9.09. The molecule has 0 fully saturated rings. The first-order chi connectivity index (χ1) is 8.70. The Morgan fingerprint density at radius 1 is 0.833 bits per heavy atom. The average molecular weight is 422 g/mol. The lowest BCUT2D eigenvalue weighted by Gasteiger charge is -2.05. The summed E-state index contributed by atoms with van der Waals surface area (Å²) >= 11 is 6.43. The van der Waals surface area contributed by atoms with Gasteiger partial charge in [-0.2, -0.15) is 0 Å². The van der Waals surface area contributed by atoms with E-state index in [0.717, 1.165) is 11.5 Å². The topological polar surface area (TPSA) is 58.2 Å². The van der Waals surface area contributed by atoms with Crippen LogP contribution in [0.5, 0.6) is 0 Å². The van der Waals surface area contributed by atoms with Crippen molar-refractivity contribution in [3.63, 3.8) is 0 Å². The molecule has 18 heavy (non-hydrogen) atoms. The first-order valence-electron chi connectivity index (χ1n) is 5.60. The maximum absolute atomic E-state index is 11.1. The molecule has 0 heterocycles. The fraction of sp³-hybridized carbons (Fsp3) is 0.800. The molecule has 0 saturated heterocycles. The number of amides is 2. The summed E-state index contributed by atoms with van der Waals surface area (Å²) in [5.41, 5.74) is 0. The standard InChI is InChI=1S/C10H18Br2N2O2S2/c11-3-1-9(15)13-5-7-17-18-8-6-14-10(16)2-4-12/h1-8H2,(H,13,15)(H,14,16). The second-order valence-corrected chi connectivity index (χ2v) is 7.51. The molecule has 0 saturated carbocycles. The Morgan fingerprint density at radius 2 is 1.22 bits per heavy atom. The molecule has 0 aromatic carbocycles. The molecule has 0 aliphatic carbocycles. The molecule has 8 heteroatoms. The molecule has 106 valence electrons. The van der Waals surface area contributed by atoms with Crippen LogP contribution in [0.2, 0.25) is 0 Å². The van der Waals surface area contributed by atoms with Crippen molar-refractivity contribution in [2.45, 2.75) is 12.8 Å². The zero-order valence-corrected chi connectivity index (χ0v) is 14.9. The van der Waals surface area contributed by atoms with Crippen LogP contribution in [0, 0.1) is 0 Å². The predicted octanol–water partition coefficient (Wildman–Crippen LogP) is 2.17. The highest BCUT2D eigenvalue weighted by Gasteiger charge is 2.00. The Kier molecular flexibility index (Phi) is 14.5. The highest BCUT2D eigenvalue weighted by Crippen LogP contribution is 2.19. The van der Waals surface area contributed by atoms with Crippen LogP contribution in [0.4, 0.5) is 0 Å². The summed E-state index contributed by atoms with van der Waals surface area (Å²) in [5.74, 6) is 1.93. The van der Waals surface area contributed by atoms with E-state index in [2.05, 4.69) is 42.5 Å². The summed E-state index contributed by atoms with van der Waals surface area (Å²) < 4.78 is 0. The number of carbonyl (C=O) groups excluding carboxylic acids is 2. The normalized spacial score (nSPS) is 10.1. The zero-order valence-electron chi connectivity index (χ0n) is 10.0. The van der Waals surface area contributed by atoms with E-state index in [1.165, 1.54) is 0 Å². The van der Waals surface area contributed by atoms with Gasteiger partial charge in [0.05, 0.1) is 0 Å². The van der Waals surface area contributed by atoms with Gasteiger partial charge in [-0.05, 0) is 0 Å². The summed E-state index contributed by atoms with van der Waals surface area (Å²) in [6.45, 7) is 1.39. The highest BCUT2D eigenvalue weighted by atomic mass is 79.9. The molecular formula is C10H18Br2N2O2S2. The zero-order chi connectivity index (χ0) is 13.6. The molecule has 0 aromatic heterocycles. The van der Waals surface area contributed by atoms with Crippen molar-refractivity contribution in [2.24, 2.45) is 0 Å². The molecule has 0 radical (unpaired) electrons.